The lowest BCUT2D eigenvalue weighted by Crippen LogP contribution is -2.13. The highest BCUT2D eigenvalue weighted by molar-refractivity contribution is 5.90. The molecule has 0 heterocycles. The molecule has 0 aliphatic carbocycles. The van der Waals surface area contributed by atoms with Gasteiger partial charge in [-0.1, -0.05) is 61.5 Å². The zero-order valence-corrected chi connectivity index (χ0v) is 15.7. The van der Waals surface area contributed by atoms with Gasteiger partial charge in [-0.25, -0.2) is 4.79 Å². The molecule has 0 spiro atoms. The van der Waals surface area contributed by atoms with Crippen LogP contribution in [0.1, 0.15) is 36.2 Å². The van der Waals surface area contributed by atoms with Crippen molar-refractivity contribution in [3.05, 3.63) is 90.0 Å². The summed E-state index contributed by atoms with van der Waals surface area (Å²) in [6, 6.07) is 25.5. The van der Waals surface area contributed by atoms with Crippen LogP contribution in [0.5, 0.6) is 5.75 Å². The Labute approximate surface area is 160 Å². The van der Waals surface area contributed by atoms with Crippen LogP contribution in [-0.4, -0.2) is 12.1 Å². The van der Waals surface area contributed by atoms with Crippen LogP contribution >= 0.6 is 0 Å². The maximum absolute atomic E-state index is 12.1. The molecule has 0 radical (unpaired) electrons. The summed E-state index contributed by atoms with van der Waals surface area (Å²) in [6.45, 7) is 4.44. The Balaban J connectivity index is 1.62. The standard InChI is InChI=1S/C24H24O3/c1-3-18(2)27-24(25)22-11-9-20(10-12-22)21-13-15-23(16-14-21)26-17-19-7-5-4-6-8-19/h4-16,18H,3,17H2,1-2H3/t18-/m0/s1. The van der Waals surface area contributed by atoms with E-state index < -0.39 is 0 Å². The van der Waals surface area contributed by atoms with Crippen molar-refractivity contribution in [1.29, 1.82) is 0 Å². The molecule has 0 saturated heterocycles. The molecule has 1 atom stereocenters. The molecule has 3 aromatic carbocycles. The van der Waals surface area contributed by atoms with Gasteiger partial charge in [-0.2, -0.15) is 0 Å². The Morgan fingerprint density at radius 1 is 0.852 bits per heavy atom. The largest absolute Gasteiger partial charge is 0.489 e. The van der Waals surface area contributed by atoms with Crippen LogP contribution < -0.4 is 4.74 Å². The van der Waals surface area contributed by atoms with Crippen molar-refractivity contribution in [1.82, 2.24) is 0 Å². The number of hydrogen-bond donors (Lipinski definition) is 0. The third-order valence-electron chi connectivity index (χ3n) is 4.44. The van der Waals surface area contributed by atoms with Crippen molar-refractivity contribution < 1.29 is 14.3 Å². The fourth-order valence-corrected chi connectivity index (χ4v) is 2.62. The van der Waals surface area contributed by atoms with Crippen LogP contribution in [0.3, 0.4) is 0 Å². The Bertz CT molecular complexity index is 852. The summed E-state index contributed by atoms with van der Waals surface area (Å²) in [5, 5.41) is 0. The van der Waals surface area contributed by atoms with Crippen LogP contribution in [0.2, 0.25) is 0 Å². The SMILES string of the molecule is CC[C@H](C)OC(=O)c1ccc(-c2ccc(OCc3ccccc3)cc2)cc1. The fraction of sp³-hybridized carbons (Fsp3) is 0.208. The summed E-state index contributed by atoms with van der Waals surface area (Å²) in [5.74, 6) is 0.553. The minimum Gasteiger partial charge on any atom is -0.489 e. The van der Waals surface area contributed by atoms with Crippen molar-refractivity contribution in [3.63, 3.8) is 0 Å². The summed E-state index contributed by atoms with van der Waals surface area (Å²) in [6.07, 6.45) is 0.739. The second-order valence-electron chi connectivity index (χ2n) is 6.50. The first-order chi connectivity index (χ1) is 13.2. The molecule has 0 bridgehead atoms. The fourth-order valence-electron chi connectivity index (χ4n) is 2.62. The molecule has 0 aliphatic heterocycles. The van der Waals surface area contributed by atoms with Gasteiger partial charge >= 0.3 is 5.97 Å². The lowest BCUT2D eigenvalue weighted by atomic mass is 10.0. The first-order valence-electron chi connectivity index (χ1n) is 9.24. The van der Waals surface area contributed by atoms with Crippen molar-refractivity contribution in [2.24, 2.45) is 0 Å². The minimum atomic E-state index is -0.277. The van der Waals surface area contributed by atoms with Gasteiger partial charge in [0.25, 0.3) is 0 Å². The normalized spacial score (nSPS) is 11.6. The Morgan fingerprint density at radius 2 is 1.44 bits per heavy atom. The van der Waals surface area contributed by atoms with E-state index in [1.54, 1.807) is 12.1 Å². The highest BCUT2D eigenvalue weighted by atomic mass is 16.5. The van der Waals surface area contributed by atoms with Crippen molar-refractivity contribution in [3.8, 4) is 16.9 Å². The van der Waals surface area contributed by atoms with Crippen molar-refractivity contribution in [2.75, 3.05) is 0 Å². The molecular weight excluding hydrogens is 336 g/mol. The summed E-state index contributed by atoms with van der Waals surface area (Å²) >= 11 is 0. The molecule has 3 heteroatoms. The highest BCUT2D eigenvalue weighted by Gasteiger charge is 2.10. The monoisotopic (exact) mass is 360 g/mol. The van der Waals surface area contributed by atoms with E-state index in [0.717, 1.165) is 28.9 Å². The lowest BCUT2D eigenvalue weighted by molar-refractivity contribution is 0.0334. The van der Waals surface area contributed by atoms with Crippen LogP contribution in [0.25, 0.3) is 11.1 Å². The van der Waals surface area contributed by atoms with Gasteiger partial charge in [0.05, 0.1) is 11.7 Å². The van der Waals surface area contributed by atoms with E-state index >= 15 is 0 Å². The van der Waals surface area contributed by atoms with Gasteiger partial charge in [-0.3, -0.25) is 0 Å². The zero-order valence-electron chi connectivity index (χ0n) is 15.7. The smallest absolute Gasteiger partial charge is 0.338 e. The number of hydrogen-bond acceptors (Lipinski definition) is 3. The van der Waals surface area contributed by atoms with Crippen molar-refractivity contribution >= 4 is 5.97 Å². The number of esters is 1. The van der Waals surface area contributed by atoms with Crippen LogP contribution in [0.15, 0.2) is 78.9 Å². The van der Waals surface area contributed by atoms with E-state index in [0.29, 0.717) is 12.2 Å². The quantitative estimate of drug-likeness (QED) is 0.493. The molecule has 3 rings (SSSR count). The molecule has 3 nitrogen and oxygen atoms in total. The first kappa shape index (κ1) is 18.7. The van der Waals surface area contributed by atoms with Gasteiger partial charge in [0, 0.05) is 0 Å². The second-order valence-corrected chi connectivity index (χ2v) is 6.50. The number of carbonyl (C=O) groups excluding carboxylic acids is 1. The third kappa shape index (κ3) is 5.20. The van der Waals surface area contributed by atoms with Gasteiger partial charge in [0.1, 0.15) is 12.4 Å². The molecule has 0 aliphatic rings. The summed E-state index contributed by atoms with van der Waals surface area (Å²) in [5.41, 5.74) is 3.83. The van der Waals surface area contributed by atoms with Gasteiger partial charge in [-0.05, 0) is 54.3 Å². The average Bonchev–Trinajstić information content (AvgIpc) is 2.73. The number of carbonyl (C=O) groups is 1. The number of benzene rings is 3. The Morgan fingerprint density at radius 3 is 2.04 bits per heavy atom. The van der Waals surface area contributed by atoms with Crippen LogP contribution in [0, 0.1) is 0 Å². The molecule has 0 N–H and O–H groups in total. The molecule has 138 valence electrons. The van der Waals surface area contributed by atoms with Gasteiger partial charge in [0.2, 0.25) is 0 Å². The van der Waals surface area contributed by atoms with E-state index in [-0.39, 0.29) is 12.1 Å². The topological polar surface area (TPSA) is 35.5 Å². The van der Waals surface area contributed by atoms with Gasteiger partial charge in [0.15, 0.2) is 0 Å². The molecule has 0 fully saturated rings. The molecule has 0 aromatic heterocycles. The third-order valence-corrected chi connectivity index (χ3v) is 4.44. The molecule has 3 aromatic rings. The van der Waals surface area contributed by atoms with E-state index in [1.807, 2.05) is 80.6 Å². The molecule has 0 unspecified atom stereocenters. The van der Waals surface area contributed by atoms with Crippen molar-refractivity contribution in [2.45, 2.75) is 33.0 Å². The Hall–Kier alpha value is -3.07. The maximum atomic E-state index is 12.1. The Kier molecular flexibility index (Phi) is 6.26. The second kappa shape index (κ2) is 9.04. The van der Waals surface area contributed by atoms with Crippen LogP contribution in [-0.2, 0) is 11.3 Å². The lowest BCUT2D eigenvalue weighted by Gasteiger charge is -2.11. The molecular formula is C24H24O3. The number of ether oxygens (including phenoxy) is 2. The van der Waals surface area contributed by atoms with E-state index in [9.17, 15) is 4.79 Å². The zero-order chi connectivity index (χ0) is 19.1. The highest BCUT2D eigenvalue weighted by Crippen LogP contribution is 2.23. The maximum Gasteiger partial charge on any atom is 0.338 e. The van der Waals surface area contributed by atoms with E-state index in [2.05, 4.69) is 0 Å². The summed E-state index contributed by atoms with van der Waals surface area (Å²) in [4.78, 5) is 12.1. The average molecular weight is 360 g/mol. The predicted octanol–water partition coefficient (Wildman–Crippen LogP) is 5.89. The number of rotatable bonds is 7. The van der Waals surface area contributed by atoms with Gasteiger partial charge < -0.3 is 9.47 Å². The summed E-state index contributed by atoms with van der Waals surface area (Å²) < 4.78 is 11.2. The summed E-state index contributed by atoms with van der Waals surface area (Å²) in [7, 11) is 0. The van der Waals surface area contributed by atoms with Gasteiger partial charge in [-0.15, -0.1) is 0 Å². The van der Waals surface area contributed by atoms with Crippen LogP contribution in [0.4, 0.5) is 0 Å². The first-order valence-corrected chi connectivity index (χ1v) is 9.24. The van der Waals surface area contributed by atoms with E-state index in [1.165, 1.54) is 0 Å². The molecule has 27 heavy (non-hydrogen) atoms. The van der Waals surface area contributed by atoms with E-state index in [4.69, 9.17) is 9.47 Å². The molecule has 0 amide bonds. The predicted molar refractivity (Wildman–Crippen MR) is 108 cm³/mol. The molecule has 0 saturated carbocycles. The minimum absolute atomic E-state index is 0.0689.